The van der Waals surface area contributed by atoms with Gasteiger partial charge in [-0.25, -0.2) is 13.8 Å². The van der Waals surface area contributed by atoms with Crippen LogP contribution in [0.5, 0.6) is 5.75 Å². The first-order valence-electron chi connectivity index (χ1n) is 8.25. The molecule has 6 nitrogen and oxygen atoms in total. The molecule has 2 atom stereocenters. The zero-order valence-electron chi connectivity index (χ0n) is 14.7. The summed E-state index contributed by atoms with van der Waals surface area (Å²) in [6.07, 6.45) is 6.50. The fourth-order valence-corrected chi connectivity index (χ4v) is 5.58. The summed E-state index contributed by atoms with van der Waals surface area (Å²) in [5.74, 6) is 5.69. The highest BCUT2D eigenvalue weighted by molar-refractivity contribution is 7.92. The maximum Gasteiger partial charge on any atom is 0.194 e. The molecule has 0 bridgehead atoms. The van der Waals surface area contributed by atoms with Gasteiger partial charge in [-0.05, 0) is 36.8 Å². The Bertz CT molecular complexity index is 1010. The third-order valence-electron chi connectivity index (χ3n) is 4.89. The number of benzene rings is 2. The number of nitrogens with one attached hydrogen (secondary N) is 1. The first kappa shape index (κ1) is 19.0. The summed E-state index contributed by atoms with van der Waals surface area (Å²) in [7, 11) is -4.13. The number of carbonyl (C=O) groups excluding carboxylic acids is 1. The fourth-order valence-electron chi connectivity index (χ4n) is 3.39. The second-order valence-electron chi connectivity index (χ2n) is 6.45. The highest BCUT2D eigenvalue weighted by Crippen LogP contribution is 2.47. The Morgan fingerprint density at radius 1 is 1.00 bits per heavy atom. The van der Waals surface area contributed by atoms with E-state index in [0.717, 1.165) is 5.56 Å². The molecule has 27 heavy (non-hydrogen) atoms. The largest absolute Gasteiger partial charge is 0.508 e. The minimum atomic E-state index is -4.13. The van der Waals surface area contributed by atoms with E-state index in [1.54, 1.807) is 24.3 Å². The standard InChI is InChI=1S/C20H20N2O4S/c1-15-4-10-18(11-5-15)27(25,26)20(16-6-8-17(24)9-7-16)13-3-2-12-19(20,14-23)22-21/h2-14,22,24H,21H2,1H3. The van der Waals surface area contributed by atoms with Crippen molar-refractivity contribution < 1.29 is 18.3 Å². The molecule has 0 heterocycles. The van der Waals surface area contributed by atoms with Gasteiger partial charge < -0.3 is 9.90 Å². The number of allylic oxidation sites excluding steroid dienone is 2. The molecule has 2 aromatic carbocycles. The molecule has 0 spiro atoms. The number of aldehydes is 1. The molecule has 0 fully saturated rings. The number of rotatable bonds is 5. The normalized spacial score (nSPS) is 24.7. The van der Waals surface area contributed by atoms with Gasteiger partial charge in [-0.2, -0.15) is 0 Å². The van der Waals surface area contributed by atoms with E-state index in [-0.39, 0.29) is 10.6 Å². The van der Waals surface area contributed by atoms with E-state index in [9.17, 15) is 18.3 Å². The van der Waals surface area contributed by atoms with Gasteiger partial charge >= 0.3 is 0 Å². The molecule has 0 aromatic heterocycles. The molecule has 0 saturated heterocycles. The van der Waals surface area contributed by atoms with Gasteiger partial charge in [-0.15, -0.1) is 0 Å². The van der Waals surface area contributed by atoms with Gasteiger partial charge in [0.05, 0.1) is 4.90 Å². The van der Waals surface area contributed by atoms with Crippen molar-refractivity contribution in [3.63, 3.8) is 0 Å². The van der Waals surface area contributed by atoms with Crippen molar-refractivity contribution >= 4 is 16.1 Å². The Labute approximate surface area is 157 Å². The molecule has 3 rings (SSSR count). The van der Waals surface area contributed by atoms with E-state index >= 15 is 0 Å². The first-order valence-corrected chi connectivity index (χ1v) is 9.73. The molecule has 0 amide bonds. The molecule has 2 aromatic rings. The summed E-state index contributed by atoms with van der Waals surface area (Å²) in [6, 6.07) is 12.1. The predicted molar refractivity (Wildman–Crippen MR) is 103 cm³/mol. The van der Waals surface area contributed by atoms with Gasteiger partial charge in [0.15, 0.2) is 9.84 Å². The van der Waals surface area contributed by atoms with E-state index in [0.29, 0.717) is 11.8 Å². The minimum Gasteiger partial charge on any atom is -0.508 e. The number of phenols is 1. The molecule has 0 aliphatic heterocycles. The van der Waals surface area contributed by atoms with Crippen molar-refractivity contribution in [2.24, 2.45) is 5.84 Å². The second kappa shape index (κ2) is 6.77. The Morgan fingerprint density at radius 3 is 2.15 bits per heavy atom. The molecule has 0 radical (unpaired) electrons. The van der Waals surface area contributed by atoms with Crippen molar-refractivity contribution in [1.82, 2.24) is 5.43 Å². The molecule has 1 aliphatic carbocycles. The summed E-state index contributed by atoms with van der Waals surface area (Å²) in [6.45, 7) is 1.85. The van der Waals surface area contributed by atoms with Crippen LogP contribution in [0, 0.1) is 6.92 Å². The van der Waals surface area contributed by atoms with E-state index in [1.165, 1.54) is 48.6 Å². The molecule has 4 N–H and O–H groups in total. The van der Waals surface area contributed by atoms with Crippen LogP contribution in [0.4, 0.5) is 0 Å². The minimum absolute atomic E-state index is 0.0191. The first-order chi connectivity index (χ1) is 12.8. The molecule has 0 saturated carbocycles. The molecule has 1 aliphatic rings. The average Bonchev–Trinajstić information content (AvgIpc) is 2.68. The Hall–Kier alpha value is -2.74. The van der Waals surface area contributed by atoms with Crippen molar-refractivity contribution in [3.05, 3.63) is 84.0 Å². The van der Waals surface area contributed by atoms with Crippen LogP contribution >= 0.6 is 0 Å². The highest BCUT2D eigenvalue weighted by Gasteiger charge is 2.59. The number of hydrogen-bond donors (Lipinski definition) is 3. The Balaban J connectivity index is 2.40. The SMILES string of the molecule is Cc1ccc(S(=O)(=O)C2(c3ccc(O)cc3)C=CC=CC2(C=O)NN)cc1. The lowest BCUT2D eigenvalue weighted by Gasteiger charge is -2.44. The van der Waals surface area contributed by atoms with Crippen molar-refractivity contribution in [2.75, 3.05) is 0 Å². The van der Waals surface area contributed by atoms with E-state index < -0.39 is 20.1 Å². The number of phenolic OH excluding ortho intramolecular Hbond substituents is 1. The van der Waals surface area contributed by atoms with Crippen molar-refractivity contribution in [3.8, 4) is 5.75 Å². The average molecular weight is 384 g/mol. The topological polar surface area (TPSA) is 109 Å². The monoisotopic (exact) mass is 384 g/mol. The third-order valence-corrected chi connectivity index (χ3v) is 7.34. The van der Waals surface area contributed by atoms with Gasteiger partial charge in [0.2, 0.25) is 0 Å². The molecular weight excluding hydrogens is 364 g/mol. The second-order valence-corrected chi connectivity index (χ2v) is 8.57. The summed E-state index contributed by atoms with van der Waals surface area (Å²) in [5.41, 5.74) is 1.88. The van der Waals surface area contributed by atoms with Crippen LogP contribution in [-0.4, -0.2) is 25.3 Å². The fraction of sp³-hybridized carbons (Fsp3) is 0.150. The smallest absolute Gasteiger partial charge is 0.194 e. The number of nitrogens with two attached hydrogens (primary N) is 1. The van der Waals surface area contributed by atoms with Crippen LogP contribution in [0.15, 0.2) is 77.7 Å². The lowest BCUT2D eigenvalue weighted by Crippen LogP contribution is -2.66. The zero-order chi connectivity index (χ0) is 19.7. The van der Waals surface area contributed by atoms with Gasteiger partial charge in [-0.1, -0.05) is 54.1 Å². The number of aromatic hydroxyl groups is 1. The number of sulfone groups is 1. The molecule has 2 unspecified atom stereocenters. The Morgan fingerprint density at radius 2 is 1.59 bits per heavy atom. The number of aryl methyl sites for hydroxylation is 1. The summed E-state index contributed by atoms with van der Waals surface area (Å²) in [4.78, 5) is 12.2. The Kier molecular flexibility index (Phi) is 4.77. The summed E-state index contributed by atoms with van der Waals surface area (Å²) < 4.78 is 25.8. The van der Waals surface area contributed by atoms with Crippen LogP contribution in [0.1, 0.15) is 11.1 Å². The quantitative estimate of drug-likeness (QED) is 0.413. The number of carbonyl (C=O) groups is 1. The lowest BCUT2D eigenvalue weighted by molar-refractivity contribution is -0.112. The van der Waals surface area contributed by atoms with Crippen LogP contribution in [0.2, 0.25) is 0 Å². The maximum absolute atomic E-state index is 13.8. The van der Waals surface area contributed by atoms with Crippen molar-refractivity contribution in [2.45, 2.75) is 22.1 Å². The van der Waals surface area contributed by atoms with Gasteiger partial charge in [-0.3, -0.25) is 5.84 Å². The third kappa shape index (κ3) is 2.71. The van der Waals surface area contributed by atoms with Gasteiger partial charge in [0, 0.05) is 0 Å². The molecule has 7 heteroatoms. The van der Waals surface area contributed by atoms with Crippen LogP contribution < -0.4 is 11.3 Å². The van der Waals surface area contributed by atoms with Gasteiger partial charge in [0.25, 0.3) is 0 Å². The molecular formula is C20H20N2O4S. The summed E-state index contributed by atoms with van der Waals surface area (Å²) in [5, 5.41) is 9.64. The van der Waals surface area contributed by atoms with Crippen LogP contribution in [-0.2, 0) is 19.4 Å². The van der Waals surface area contributed by atoms with Crippen LogP contribution in [0.3, 0.4) is 0 Å². The van der Waals surface area contributed by atoms with E-state index in [4.69, 9.17) is 5.84 Å². The lowest BCUT2D eigenvalue weighted by atomic mass is 9.76. The highest BCUT2D eigenvalue weighted by atomic mass is 32.2. The predicted octanol–water partition coefficient (Wildman–Crippen LogP) is 1.90. The summed E-state index contributed by atoms with van der Waals surface area (Å²) >= 11 is 0. The number of hydrogen-bond acceptors (Lipinski definition) is 6. The number of hydrazine groups is 1. The maximum atomic E-state index is 13.8. The van der Waals surface area contributed by atoms with Crippen molar-refractivity contribution in [1.29, 1.82) is 0 Å². The molecule has 140 valence electrons. The zero-order valence-corrected chi connectivity index (χ0v) is 15.5. The van der Waals surface area contributed by atoms with E-state index in [1.807, 2.05) is 6.92 Å². The van der Waals surface area contributed by atoms with Gasteiger partial charge in [0.1, 0.15) is 22.3 Å². The van der Waals surface area contributed by atoms with Crippen LogP contribution in [0.25, 0.3) is 0 Å². The van der Waals surface area contributed by atoms with E-state index in [2.05, 4.69) is 5.43 Å².